The van der Waals surface area contributed by atoms with Gasteiger partial charge in [-0.3, -0.25) is 0 Å². The molecule has 0 saturated heterocycles. The van der Waals surface area contributed by atoms with Gasteiger partial charge in [-0.1, -0.05) is 227 Å². The molecule has 442 valence electrons. The number of thiophene rings is 5. The zero-order valence-corrected chi connectivity index (χ0v) is 56.6. The van der Waals surface area contributed by atoms with Gasteiger partial charge in [-0.15, -0.1) is 56.7 Å². The number of benzene rings is 2. The monoisotopic (exact) mass is 1230 g/mol. The van der Waals surface area contributed by atoms with Crippen LogP contribution in [0.1, 0.15) is 248 Å². The largest absolute Gasteiger partial charge is 0.172 e. The van der Waals surface area contributed by atoms with E-state index in [-0.39, 0.29) is 0 Å². The predicted octanol–water partition coefficient (Wildman–Crippen LogP) is 26.6. The summed E-state index contributed by atoms with van der Waals surface area (Å²) in [5.41, 5.74) is 9.38. The van der Waals surface area contributed by atoms with Crippen molar-refractivity contribution in [3.8, 4) is 50.1 Å². The van der Waals surface area contributed by atoms with Gasteiger partial charge in [0.2, 0.25) is 0 Å². The van der Waals surface area contributed by atoms with E-state index >= 15 is 0 Å². The topological polar surface area (TPSA) is 51.6 Å². The van der Waals surface area contributed by atoms with Gasteiger partial charge in [-0.2, -0.15) is 17.5 Å². The van der Waals surface area contributed by atoms with Crippen LogP contribution in [0.15, 0.2) is 60.7 Å². The van der Waals surface area contributed by atoms with Crippen molar-refractivity contribution in [3.63, 3.8) is 0 Å². The van der Waals surface area contributed by atoms with Crippen LogP contribution in [0.5, 0.6) is 0 Å². The number of aryl methyl sites for hydroxylation is 2. The van der Waals surface area contributed by atoms with Gasteiger partial charge in [0.25, 0.3) is 0 Å². The molecule has 0 spiro atoms. The van der Waals surface area contributed by atoms with E-state index < -0.39 is 0 Å². The zero-order chi connectivity index (χ0) is 56.9. The van der Waals surface area contributed by atoms with Crippen molar-refractivity contribution < 1.29 is 0 Å². The molecule has 0 N–H and O–H groups in total. The van der Waals surface area contributed by atoms with E-state index in [1.165, 1.54) is 300 Å². The van der Waals surface area contributed by atoms with Crippen LogP contribution in [0.2, 0.25) is 0 Å². The van der Waals surface area contributed by atoms with Crippen molar-refractivity contribution in [1.29, 1.82) is 0 Å². The number of aromatic nitrogens is 4. The molecule has 82 heavy (non-hydrogen) atoms. The average molecular weight is 1230 g/mol. The zero-order valence-electron chi connectivity index (χ0n) is 50.9. The van der Waals surface area contributed by atoms with Crippen LogP contribution in [0, 0.1) is 25.7 Å². The molecular weight excluding hydrogens is 1130 g/mol. The van der Waals surface area contributed by atoms with E-state index in [1.54, 1.807) is 0 Å². The van der Waals surface area contributed by atoms with Gasteiger partial charge in [-0.05, 0) is 110 Å². The summed E-state index contributed by atoms with van der Waals surface area (Å²) < 4.78 is 20.4. The Balaban J connectivity index is 0.951. The average Bonchev–Trinajstić information content (AvgIpc) is 3.13. The first kappa shape index (κ1) is 63.3. The minimum absolute atomic E-state index is 0.604. The highest BCUT2D eigenvalue weighted by molar-refractivity contribution is 7.29. The van der Waals surface area contributed by atoms with Crippen LogP contribution in [-0.2, 0) is 12.8 Å². The molecule has 0 aliphatic rings. The smallest absolute Gasteiger partial charge is 0.114 e. The first-order chi connectivity index (χ1) is 40.3. The third kappa shape index (κ3) is 17.7. The fourth-order valence-electron chi connectivity index (χ4n) is 12.6. The van der Waals surface area contributed by atoms with Gasteiger partial charge in [0.15, 0.2) is 0 Å². The molecule has 0 radical (unpaired) electrons. The van der Waals surface area contributed by atoms with Crippen molar-refractivity contribution in [2.75, 3.05) is 0 Å². The third-order valence-electron chi connectivity index (χ3n) is 17.4. The Bertz CT molecular complexity index is 3280. The van der Waals surface area contributed by atoms with Gasteiger partial charge in [0, 0.05) is 70.7 Å². The predicted molar refractivity (Wildman–Crippen MR) is 372 cm³/mol. The molecule has 7 aromatic heterocycles. The van der Waals surface area contributed by atoms with Crippen LogP contribution < -0.4 is 0 Å². The van der Waals surface area contributed by atoms with Crippen molar-refractivity contribution >= 4 is 113 Å². The van der Waals surface area contributed by atoms with Crippen molar-refractivity contribution in [2.24, 2.45) is 11.8 Å². The van der Waals surface area contributed by atoms with Gasteiger partial charge in [0.1, 0.15) is 22.1 Å². The van der Waals surface area contributed by atoms with Gasteiger partial charge in [0.05, 0.1) is 23.5 Å². The molecule has 0 saturated carbocycles. The highest BCUT2D eigenvalue weighted by Crippen LogP contribution is 2.49. The lowest BCUT2D eigenvalue weighted by molar-refractivity contribution is 0.399. The summed E-state index contributed by atoms with van der Waals surface area (Å²) in [6.07, 6.45) is 45.2. The lowest BCUT2D eigenvalue weighted by Gasteiger charge is -2.17. The second-order valence-corrected chi connectivity index (χ2v) is 31.2. The van der Waals surface area contributed by atoms with E-state index in [1.807, 2.05) is 56.7 Å². The fourth-order valence-corrected chi connectivity index (χ4v) is 19.2. The summed E-state index contributed by atoms with van der Waals surface area (Å²) in [6, 6.07) is 23.8. The first-order valence-electron chi connectivity index (χ1n) is 32.7. The number of fused-ring (bicyclic) bond motifs is 5. The SMILES string of the molecule is CCCCCCCCCCCCC(C)Cc1cc(-c2cc3c(cc(-c4cc(CC(CCCCCCCCCC)CCCCCCCCCCCC)c(C)s4)c4nsnc43)c3nsnc23)sc1-c1ccc(-c2ccc(-c3ccc(C)s3)s2)s1. The molecule has 4 nitrogen and oxygen atoms in total. The maximum absolute atomic E-state index is 5.12. The van der Waals surface area contributed by atoms with E-state index in [0.717, 1.165) is 45.2 Å². The number of hydrogen-bond donors (Lipinski definition) is 0. The Hall–Kier alpha value is -3.16. The van der Waals surface area contributed by atoms with Crippen molar-refractivity contribution in [3.05, 3.63) is 81.5 Å². The second-order valence-electron chi connectivity index (χ2n) is 24.3. The Morgan fingerprint density at radius 3 is 1.22 bits per heavy atom. The highest BCUT2D eigenvalue weighted by atomic mass is 32.1. The van der Waals surface area contributed by atoms with Crippen LogP contribution in [0.3, 0.4) is 0 Å². The van der Waals surface area contributed by atoms with E-state index in [9.17, 15) is 0 Å². The molecule has 11 heteroatoms. The Morgan fingerprint density at radius 1 is 0.354 bits per heavy atom. The maximum atomic E-state index is 5.12. The first-order valence-corrected chi connectivity index (χ1v) is 38.2. The molecule has 0 aliphatic carbocycles. The molecule has 0 aliphatic heterocycles. The quantitative estimate of drug-likeness (QED) is 0.0359. The molecule has 0 fully saturated rings. The molecule has 7 heterocycles. The van der Waals surface area contributed by atoms with Gasteiger partial charge < -0.3 is 0 Å². The molecular formula is C71H96N4S7. The minimum Gasteiger partial charge on any atom is -0.172 e. The summed E-state index contributed by atoms with van der Waals surface area (Å²) in [5.74, 6) is 1.35. The summed E-state index contributed by atoms with van der Waals surface area (Å²) in [7, 11) is 0. The van der Waals surface area contributed by atoms with Gasteiger partial charge >= 0.3 is 0 Å². The van der Waals surface area contributed by atoms with E-state index in [2.05, 4.69) is 102 Å². The Morgan fingerprint density at radius 2 is 0.744 bits per heavy atom. The number of hydrogen-bond acceptors (Lipinski definition) is 11. The Kier molecular flexibility index (Phi) is 26.0. The molecule has 2 unspecified atom stereocenters. The summed E-state index contributed by atoms with van der Waals surface area (Å²) >= 11 is 12.4. The minimum atomic E-state index is 0.604. The van der Waals surface area contributed by atoms with Crippen molar-refractivity contribution in [2.45, 2.75) is 253 Å². The van der Waals surface area contributed by atoms with Crippen molar-refractivity contribution in [1.82, 2.24) is 17.5 Å². The molecule has 0 amide bonds. The number of nitrogens with zero attached hydrogens (tertiary/aromatic N) is 4. The van der Waals surface area contributed by atoms with Crippen LogP contribution in [0.25, 0.3) is 83.0 Å². The second kappa shape index (κ2) is 33.7. The standard InChI is InChI=1S/C71H96N4S7/c1-7-10-13-16-19-22-24-26-29-32-35-50(4)44-55-47-66(80-71(55)64-43-42-63(79-64)62-41-40-61(78-62)60-39-38-51(5)76-60)59-49-57-56(68-70(59)75-82-73-68)48-58(69-67(57)72-81-74-69)65-46-54(52(6)77-65)45-53(36-33-30-27-21-18-15-12-9-3)37-34-31-28-25-23-20-17-14-11-8-2/h38-43,46-50,53H,7-37,44-45H2,1-6H3. The fraction of sp³-hybridized carbons (Fsp3) is 0.577. The van der Waals surface area contributed by atoms with Crippen LogP contribution in [-0.4, -0.2) is 17.5 Å². The third-order valence-corrected chi connectivity index (χ3v) is 24.6. The van der Waals surface area contributed by atoms with Crippen LogP contribution in [0.4, 0.5) is 0 Å². The van der Waals surface area contributed by atoms with Crippen LogP contribution >= 0.6 is 80.1 Å². The molecule has 0 bridgehead atoms. The number of rotatable bonds is 40. The summed E-state index contributed by atoms with van der Waals surface area (Å²) in [5, 5.41) is 2.28. The lowest BCUT2D eigenvalue weighted by Crippen LogP contribution is -2.05. The highest BCUT2D eigenvalue weighted by Gasteiger charge is 2.25. The normalized spacial score (nSPS) is 12.8. The molecule has 2 atom stereocenters. The van der Waals surface area contributed by atoms with E-state index in [0.29, 0.717) is 5.92 Å². The molecule has 9 rings (SSSR count). The Labute approximate surface area is 523 Å². The maximum Gasteiger partial charge on any atom is 0.114 e. The summed E-state index contributed by atoms with van der Waals surface area (Å²) in [4.78, 5) is 13.6. The van der Waals surface area contributed by atoms with Gasteiger partial charge in [-0.25, -0.2) is 0 Å². The summed E-state index contributed by atoms with van der Waals surface area (Å²) in [6.45, 7) is 14.0. The molecule has 2 aromatic carbocycles. The lowest BCUT2D eigenvalue weighted by atomic mass is 9.88. The molecule has 9 aromatic rings. The van der Waals surface area contributed by atoms with E-state index in [4.69, 9.17) is 17.5 Å². The number of unbranched alkanes of at least 4 members (excludes halogenated alkanes) is 25.